The quantitative estimate of drug-likeness (QED) is 0.838. The zero-order valence-corrected chi connectivity index (χ0v) is 13.3. The Morgan fingerprint density at radius 3 is 2.09 bits per heavy atom. The second-order valence-electron chi connectivity index (χ2n) is 6.16. The van der Waals surface area contributed by atoms with E-state index in [9.17, 15) is 9.59 Å². The SMILES string of the molecule is CC(=O)c1ccc(NC(=O)NC2(c3ccc(C)cc3)CC2)cc1. The normalized spacial score (nSPS) is 14.9. The molecule has 4 nitrogen and oxygen atoms in total. The van der Waals surface area contributed by atoms with Crippen molar-refractivity contribution in [1.29, 1.82) is 0 Å². The first-order chi connectivity index (χ1) is 11.0. The Kier molecular flexibility index (Phi) is 3.90. The van der Waals surface area contributed by atoms with Crippen LogP contribution in [0.2, 0.25) is 0 Å². The predicted octanol–water partition coefficient (Wildman–Crippen LogP) is 4.01. The largest absolute Gasteiger partial charge is 0.328 e. The zero-order chi connectivity index (χ0) is 16.4. The van der Waals surface area contributed by atoms with E-state index in [4.69, 9.17) is 0 Å². The number of carbonyl (C=O) groups excluding carboxylic acids is 2. The number of aryl methyl sites for hydroxylation is 1. The summed E-state index contributed by atoms with van der Waals surface area (Å²) in [5, 5.41) is 5.90. The van der Waals surface area contributed by atoms with E-state index in [1.165, 1.54) is 12.5 Å². The van der Waals surface area contributed by atoms with Crippen LogP contribution in [0.15, 0.2) is 48.5 Å². The molecule has 0 saturated heterocycles. The molecule has 0 atom stereocenters. The van der Waals surface area contributed by atoms with Crippen molar-refractivity contribution in [3.8, 4) is 0 Å². The first-order valence-corrected chi connectivity index (χ1v) is 7.76. The standard InChI is InChI=1S/C19H20N2O2/c1-13-3-7-16(8-4-13)19(11-12-19)21-18(23)20-17-9-5-15(6-10-17)14(2)22/h3-10H,11-12H2,1-2H3,(H2,20,21,23). The summed E-state index contributed by atoms with van der Waals surface area (Å²) in [5.41, 5.74) is 3.42. The van der Waals surface area contributed by atoms with Crippen molar-refractivity contribution >= 4 is 17.5 Å². The number of rotatable bonds is 4. The van der Waals surface area contributed by atoms with Crippen molar-refractivity contribution in [2.24, 2.45) is 0 Å². The monoisotopic (exact) mass is 308 g/mol. The second-order valence-corrected chi connectivity index (χ2v) is 6.16. The van der Waals surface area contributed by atoms with E-state index >= 15 is 0 Å². The van der Waals surface area contributed by atoms with Gasteiger partial charge in [0.15, 0.2) is 5.78 Å². The lowest BCUT2D eigenvalue weighted by Crippen LogP contribution is -2.38. The molecule has 3 rings (SSSR count). The van der Waals surface area contributed by atoms with E-state index < -0.39 is 0 Å². The van der Waals surface area contributed by atoms with Crippen LogP contribution >= 0.6 is 0 Å². The molecule has 2 aromatic rings. The van der Waals surface area contributed by atoms with Gasteiger partial charge in [-0.1, -0.05) is 29.8 Å². The molecule has 2 aromatic carbocycles. The molecule has 4 heteroatoms. The van der Waals surface area contributed by atoms with E-state index in [0.717, 1.165) is 18.4 Å². The average molecular weight is 308 g/mol. The fourth-order valence-corrected chi connectivity index (χ4v) is 2.65. The maximum atomic E-state index is 12.2. The van der Waals surface area contributed by atoms with Crippen LogP contribution in [-0.2, 0) is 5.54 Å². The Balaban J connectivity index is 1.65. The highest BCUT2D eigenvalue weighted by Gasteiger charge is 2.45. The topological polar surface area (TPSA) is 58.2 Å². The number of benzene rings is 2. The summed E-state index contributed by atoms with van der Waals surface area (Å²) in [6, 6.07) is 15.0. The third-order valence-corrected chi connectivity index (χ3v) is 4.26. The van der Waals surface area contributed by atoms with Crippen molar-refractivity contribution in [3.05, 3.63) is 65.2 Å². The summed E-state index contributed by atoms with van der Waals surface area (Å²) in [7, 11) is 0. The van der Waals surface area contributed by atoms with E-state index in [1.807, 2.05) is 6.92 Å². The molecule has 1 saturated carbocycles. The molecule has 0 heterocycles. The molecule has 0 aliphatic heterocycles. The van der Waals surface area contributed by atoms with Gasteiger partial charge in [0.25, 0.3) is 0 Å². The first-order valence-electron chi connectivity index (χ1n) is 7.76. The third-order valence-electron chi connectivity index (χ3n) is 4.26. The Morgan fingerprint density at radius 2 is 1.57 bits per heavy atom. The Morgan fingerprint density at radius 1 is 0.957 bits per heavy atom. The van der Waals surface area contributed by atoms with Crippen molar-refractivity contribution in [2.45, 2.75) is 32.2 Å². The number of Topliss-reactive ketones (excluding diaryl/α,β-unsaturated/α-hetero) is 1. The molecule has 1 aliphatic carbocycles. The maximum Gasteiger partial charge on any atom is 0.319 e. The van der Waals surface area contributed by atoms with Crippen LogP contribution in [0.5, 0.6) is 0 Å². The molecule has 0 bridgehead atoms. The van der Waals surface area contributed by atoms with Crippen LogP contribution in [-0.4, -0.2) is 11.8 Å². The highest BCUT2D eigenvalue weighted by molar-refractivity contribution is 5.95. The number of urea groups is 1. The molecule has 0 aromatic heterocycles. The average Bonchev–Trinajstić information content (AvgIpc) is 3.29. The summed E-state index contributed by atoms with van der Waals surface area (Å²) < 4.78 is 0. The van der Waals surface area contributed by atoms with Gasteiger partial charge in [0.1, 0.15) is 0 Å². The van der Waals surface area contributed by atoms with Gasteiger partial charge >= 0.3 is 6.03 Å². The number of amides is 2. The minimum absolute atomic E-state index is 0.0114. The van der Waals surface area contributed by atoms with Gasteiger partial charge in [0.2, 0.25) is 0 Å². The predicted molar refractivity (Wildman–Crippen MR) is 90.7 cm³/mol. The van der Waals surface area contributed by atoms with Crippen molar-refractivity contribution in [1.82, 2.24) is 5.32 Å². The number of hydrogen-bond acceptors (Lipinski definition) is 2. The smallest absolute Gasteiger partial charge is 0.319 e. The molecule has 1 fully saturated rings. The number of anilines is 1. The summed E-state index contributed by atoms with van der Waals surface area (Å²) >= 11 is 0. The van der Waals surface area contributed by atoms with Crippen molar-refractivity contribution in [3.63, 3.8) is 0 Å². The molecule has 2 N–H and O–H groups in total. The molecule has 1 aliphatic rings. The Bertz CT molecular complexity index is 729. The highest BCUT2D eigenvalue weighted by Crippen LogP contribution is 2.45. The highest BCUT2D eigenvalue weighted by atomic mass is 16.2. The molecule has 23 heavy (non-hydrogen) atoms. The van der Waals surface area contributed by atoms with E-state index in [2.05, 4.69) is 34.9 Å². The van der Waals surface area contributed by atoms with Gasteiger partial charge in [0.05, 0.1) is 5.54 Å². The Hall–Kier alpha value is -2.62. The lowest BCUT2D eigenvalue weighted by atomic mass is 10.0. The number of carbonyl (C=O) groups is 2. The number of ketones is 1. The van der Waals surface area contributed by atoms with Crippen LogP contribution in [0.3, 0.4) is 0 Å². The van der Waals surface area contributed by atoms with E-state index in [0.29, 0.717) is 11.3 Å². The van der Waals surface area contributed by atoms with Crippen LogP contribution < -0.4 is 10.6 Å². The fraction of sp³-hybridized carbons (Fsp3) is 0.263. The van der Waals surface area contributed by atoms with Gasteiger partial charge in [0, 0.05) is 11.3 Å². The number of nitrogens with one attached hydrogen (secondary N) is 2. The first kappa shape index (κ1) is 15.3. The van der Waals surface area contributed by atoms with E-state index in [-0.39, 0.29) is 17.4 Å². The second kappa shape index (κ2) is 5.88. The molecule has 2 amide bonds. The van der Waals surface area contributed by atoms with Crippen molar-refractivity contribution in [2.75, 3.05) is 5.32 Å². The zero-order valence-electron chi connectivity index (χ0n) is 13.3. The lowest BCUT2D eigenvalue weighted by molar-refractivity contribution is 0.101. The van der Waals surface area contributed by atoms with Crippen LogP contribution in [0.1, 0.15) is 41.3 Å². The molecule has 0 unspecified atom stereocenters. The minimum atomic E-state index is -0.239. The van der Waals surface area contributed by atoms with Gasteiger partial charge in [-0.2, -0.15) is 0 Å². The Labute approximate surface area is 135 Å². The summed E-state index contributed by atoms with van der Waals surface area (Å²) in [4.78, 5) is 23.5. The summed E-state index contributed by atoms with van der Waals surface area (Å²) in [6.07, 6.45) is 1.90. The van der Waals surface area contributed by atoms with Crippen LogP contribution in [0.25, 0.3) is 0 Å². The third kappa shape index (κ3) is 3.42. The number of hydrogen-bond donors (Lipinski definition) is 2. The lowest BCUT2D eigenvalue weighted by Gasteiger charge is -2.18. The van der Waals surface area contributed by atoms with E-state index in [1.54, 1.807) is 24.3 Å². The molecular formula is C19H20N2O2. The maximum absolute atomic E-state index is 12.2. The molecule has 0 spiro atoms. The van der Waals surface area contributed by atoms with Crippen LogP contribution in [0.4, 0.5) is 10.5 Å². The summed E-state index contributed by atoms with van der Waals surface area (Å²) in [5.74, 6) is 0.0114. The minimum Gasteiger partial charge on any atom is -0.328 e. The van der Waals surface area contributed by atoms with Gasteiger partial charge in [-0.25, -0.2) is 4.79 Å². The summed E-state index contributed by atoms with van der Waals surface area (Å²) in [6.45, 7) is 3.57. The molecule has 118 valence electrons. The fourth-order valence-electron chi connectivity index (χ4n) is 2.65. The van der Waals surface area contributed by atoms with Gasteiger partial charge in [-0.15, -0.1) is 0 Å². The molecule has 0 radical (unpaired) electrons. The van der Waals surface area contributed by atoms with Gasteiger partial charge < -0.3 is 10.6 Å². The van der Waals surface area contributed by atoms with Crippen molar-refractivity contribution < 1.29 is 9.59 Å². The van der Waals surface area contributed by atoms with Gasteiger partial charge in [-0.05, 0) is 56.5 Å². The molecular weight excluding hydrogens is 288 g/mol. The van der Waals surface area contributed by atoms with Crippen LogP contribution in [0, 0.1) is 6.92 Å². The van der Waals surface area contributed by atoms with Gasteiger partial charge in [-0.3, -0.25) is 4.79 Å².